The summed E-state index contributed by atoms with van der Waals surface area (Å²) in [6.07, 6.45) is 5.82. The molecule has 2 aliphatic heterocycles. The van der Waals surface area contributed by atoms with E-state index in [2.05, 4.69) is 39.5 Å². The lowest BCUT2D eigenvalue weighted by atomic mass is 9.99. The minimum Gasteiger partial charge on any atom is -0.495 e. The van der Waals surface area contributed by atoms with Crippen molar-refractivity contribution in [2.75, 3.05) is 32.6 Å². The number of ether oxygens (including phenoxy) is 1. The fourth-order valence-electron chi connectivity index (χ4n) is 5.52. The Balaban J connectivity index is 1.29. The van der Waals surface area contributed by atoms with E-state index >= 15 is 0 Å². The van der Waals surface area contributed by atoms with Crippen LogP contribution in [0.25, 0.3) is 11.0 Å². The molecule has 3 aromatic rings. The van der Waals surface area contributed by atoms with Gasteiger partial charge in [-0.25, -0.2) is 9.67 Å². The number of hydrogen-bond acceptors (Lipinski definition) is 7. The molecule has 3 aliphatic rings. The normalized spacial score (nSPS) is 24.0. The zero-order valence-electron chi connectivity index (χ0n) is 19.3. The average molecular weight is 448 g/mol. The number of carbonyl (C=O) groups excluding carboxylic acids is 1. The summed E-state index contributed by atoms with van der Waals surface area (Å²) in [5, 5.41) is 8.82. The first-order chi connectivity index (χ1) is 16.0. The summed E-state index contributed by atoms with van der Waals surface area (Å²) in [4.78, 5) is 25.7. The molecule has 1 amide bonds. The van der Waals surface area contributed by atoms with Gasteiger partial charge in [-0.05, 0) is 55.0 Å². The number of nitrogens with one attached hydrogen (secondary N) is 1. The van der Waals surface area contributed by atoms with Gasteiger partial charge in [0.25, 0.3) is 0 Å². The van der Waals surface area contributed by atoms with Crippen molar-refractivity contribution in [2.45, 2.75) is 38.9 Å². The molecule has 3 atom stereocenters. The molecule has 9 heteroatoms. The molecule has 1 saturated carbocycles. The largest absolute Gasteiger partial charge is 0.495 e. The number of nitrogens with zero attached hydrogens (tertiary/aromatic N) is 6. The minimum absolute atomic E-state index is 0.144. The number of benzene rings is 1. The van der Waals surface area contributed by atoms with Crippen molar-refractivity contribution in [1.82, 2.24) is 29.5 Å². The first kappa shape index (κ1) is 20.4. The van der Waals surface area contributed by atoms with E-state index < -0.39 is 0 Å². The number of piperidine rings is 1. The van der Waals surface area contributed by atoms with Crippen molar-refractivity contribution in [3.8, 4) is 5.75 Å². The molecule has 1 aromatic carbocycles. The quantitative estimate of drug-likeness (QED) is 0.643. The van der Waals surface area contributed by atoms with E-state index in [1.54, 1.807) is 26.4 Å². The first-order valence-electron chi connectivity index (χ1n) is 11.6. The minimum atomic E-state index is 0.144. The van der Waals surface area contributed by atoms with Gasteiger partial charge >= 0.3 is 0 Å². The Morgan fingerprint density at radius 2 is 2.15 bits per heavy atom. The monoisotopic (exact) mass is 447 g/mol. The standard InChI is InChI=1S/C24H29N7O2/c1-14(32)30-12-17-6-19(17)21(30)13-31-23-18(10-26-31)9-25-24(28-23)27-20-7-16-11-29(2)5-4-15(16)8-22(20)33-3/h7-10,17,19,21H,4-6,11-13H2,1-3H3,(H,25,27,28)/t17-,19-,21+/m0/s1. The third-order valence-electron chi connectivity index (χ3n) is 7.42. The molecule has 1 saturated heterocycles. The molecule has 0 unspecified atom stereocenters. The number of rotatable bonds is 5. The van der Waals surface area contributed by atoms with E-state index in [0.29, 0.717) is 24.3 Å². The third kappa shape index (κ3) is 3.60. The van der Waals surface area contributed by atoms with Crippen LogP contribution in [0.4, 0.5) is 11.6 Å². The number of anilines is 2. The number of likely N-dealkylation sites (N-methyl/N-ethyl adjacent to an activating group) is 1. The lowest BCUT2D eigenvalue weighted by Crippen LogP contribution is -2.39. The Bertz CT molecular complexity index is 1240. The second-order valence-electron chi connectivity index (χ2n) is 9.63. The highest BCUT2D eigenvalue weighted by atomic mass is 16.5. The van der Waals surface area contributed by atoms with Gasteiger partial charge in [-0.2, -0.15) is 10.1 Å². The summed E-state index contributed by atoms with van der Waals surface area (Å²) in [6.45, 7) is 5.16. The maximum atomic E-state index is 12.1. The van der Waals surface area contributed by atoms with Crippen LogP contribution < -0.4 is 10.1 Å². The van der Waals surface area contributed by atoms with Gasteiger partial charge in [-0.1, -0.05) is 0 Å². The molecule has 2 fully saturated rings. The number of amides is 1. The van der Waals surface area contributed by atoms with E-state index in [1.807, 2.05) is 9.58 Å². The first-order valence-corrected chi connectivity index (χ1v) is 11.6. The number of fused-ring (bicyclic) bond motifs is 3. The van der Waals surface area contributed by atoms with Crippen molar-refractivity contribution >= 4 is 28.6 Å². The molecule has 172 valence electrons. The molecule has 4 heterocycles. The summed E-state index contributed by atoms with van der Waals surface area (Å²) in [6, 6.07) is 4.46. The highest BCUT2D eigenvalue weighted by Crippen LogP contribution is 2.50. The van der Waals surface area contributed by atoms with Crippen molar-refractivity contribution in [3.05, 3.63) is 35.7 Å². The molecule has 1 aliphatic carbocycles. The summed E-state index contributed by atoms with van der Waals surface area (Å²) >= 11 is 0. The number of carbonyl (C=O) groups is 1. The van der Waals surface area contributed by atoms with E-state index in [1.165, 1.54) is 17.5 Å². The lowest BCUT2D eigenvalue weighted by Gasteiger charge is -2.26. The van der Waals surface area contributed by atoms with Gasteiger partial charge in [0.2, 0.25) is 11.9 Å². The lowest BCUT2D eigenvalue weighted by molar-refractivity contribution is -0.130. The highest BCUT2D eigenvalue weighted by Gasteiger charge is 2.53. The molecule has 2 aromatic heterocycles. The Labute approximate surface area is 192 Å². The molecule has 0 spiro atoms. The van der Waals surface area contributed by atoms with Crippen LogP contribution in [0.1, 0.15) is 24.5 Å². The molecule has 1 N–H and O–H groups in total. The third-order valence-corrected chi connectivity index (χ3v) is 7.42. The zero-order valence-corrected chi connectivity index (χ0v) is 19.3. The van der Waals surface area contributed by atoms with E-state index in [-0.39, 0.29) is 11.9 Å². The maximum Gasteiger partial charge on any atom is 0.229 e. The van der Waals surface area contributed by atoms with Crippen molar-refractivity contribution in [2.24, 2.45) is 11.8 Å². The number of methoxy groups -OCH3 is 1. The maximum absolute atomic E-state index is 12.1. The predicted molar refractivity (Wildman–Crippen MR) is 124 cm³/mol. The van der Waals surface area contributed by atoms with Gasteiger partial charge in [0, 0.05) is 32.8 Å². The van der Waals surface area contributed by atoms with Crippen molar-refractivity contribution in [3.63, 3.8) is 0 Å². The predicted octanol–water partition coefficient (Wildman–Crippen LogP) is 2.43. The van der Waals surface area contributed by atoms with Crippen LogP contribution in [0.5, 0.6) is 5.75 Å². The van der Waals surface area contributed by atoms with Crippen LogP contribution >= 0.6 is 0 Å². The molecule has 6 rings (SSSR count). The highest BCUT2D eigenvalue weighted by molar-refractivity contribution is 5.76. The molecule has 0 radical (unpaired) electrons. The van der Waals surface area contributed by atoms with Crippen LogP contribution in [0.15, 0.2) is 24.5 Å². The van der Waals surface area contributed by atoms with E-state index in [0.717, 1.165) is 48.5 Å². The van der Waals surface area contributed by atoms with Gasteiger partial charge in [-0.3, -0.25) is 4.79 Å². The summed E-state index contributed by atoms with van der Waals surface area (Å²) in [7, 11) is 3.83. The molecule has 0 bridgehead atoms. The van der Waals surface area contributed by atoms with Gasteiger partial charge in [0.1, 0.15) is 5.75 Å². The fraction of sp³-hybridized carbons (Fsp3) is 0.500. The second-order valence-corrected chi connectivity index (χ2v) is 9.63. The zero-order chi connectivity index (χ0) is 22.7. The van der Waals surface area contributed by atoms with Gasteiger partial charge in [0.15, 0.2) is 5.65 Å². The van der Waals surface area contributed by atoms with Gasteiger partial charge < -0.3 is 19.9 Å². The van der Waals surface area contributed by atoms with Crippen molar-refractivity contribution in [1.29, 1.82) is 0 Å². The topological polar surface area (TPSA) is 88.4 Å². The molecule has 33 heavy (non-hydrogen) atoms. The van der Waals surface area contributed by atoms with Crippen LogP contribution in [0, 0.1) is 11.8 Å². The Kier molecular flexibility index (Phi) is 4.76. The molecular weight excluding hydrogens is 418 g/mol. The summed E-state index contributed by atoms with van der Waals surface area (Å²) in [5.41, 5.74) is 4.26. The molecular formula is C24H29N7O2. The Morgan fingerprint density at radius 3 is 2.97 bits per heavy atom. The van der Waals surface area contributed by atoms with Gasteiger partial charge in [0.05, 0.1) is 37.0 Å². The fourth-order valence-corrected chi connectivity index (χ4v) is 5.52. The van der Waals surface area contributed by atoms with Crippen LogP contribution in [0.3, 0.4) is 0 Å². The van der Waals surface area contributed by atoms with E-state index in [4.69, 9.17) is 9.72 Å². The Morgan fingerprint density at radius 1 is 1.27 bits per heavy atom. The Hall–Kier alpha value is -3.20. The number of likely N-dealkylation sites (tertiary alicyclic amines) is 1. The number of aromatic nitrogens is 4. The van der Waals surface area contributed by atoms with Gasteiger partial charge in [-0.15, -0.1) is 0 Å². The number of hydrogen-bond donors (Lipinski definition) is 1. The second kappa shape index (κ2) is 7.69. The average Bonchev–Trinajstić information content (AvgIpc) is 3.33. The SMILES string of the molecule is COc1cc2c(cc1Nc1ncc3cnn(C[C@@H]4[C@H]5C[C@H]5CN4C(C)=O)c3n1)CN(C)CC2. The van der Waals surface area contributed by atoms with Crippen LogP contribution in [-0.4, -0.2) is 68.7 Å². The van der Waals surface area contributed by atoms with E-state index in [9.17, 15) is 4.79 Å². The molecule has 9 nitrogen and oxygen atoms in total. The van der Waals surface area contributed by atoms with Crippen LogP contribution in [0.2, 0.25) is 0 Å². The summed E-state index contributed by atoms with van der Waals surface area (Å²) < 4.78 is 7.58. The smallest absolute Gasteiger partial charge is 0.229 e. The summed E-state index contributed by atoms with van der Waals surface area (Å²) in [5.74, 6) is 2.68. The van der Waals surface area contributed by atoms with Crippen molar-refractivity contribution < 1.29 is 9.53 Å². The van der Waals surface area contributed by atoms with Crippen LogP contribution in [-0.2, 0) is 24.3 Å².